The van der Waals surface area contributed by atoms with Crippen LogP contribution < -0.4 is 11.1 Å². The molecule has 0 aliphatic rings. The fraction of sp³-hybridized carbons (Fsp3) is 0.286. The number of pyridine rings is 1. The highest BCUT2D eigenvalue weighted by Gasteiger charge is 2.36. The molecule has 0 spiro atoms. The summed E-state index contributed by atoms with van der Waals surface area (Å²) in [4.78, 5) is 28.3. The maximum Gasteiger partial charge on any atom is 0.417 e. The average Bonchev–Trinajstić information content (AvgIpc) is 2.95. The molecule has 40 heavy (non-hydrogen) atoms. The van der Waals surface area contributed by atoms with Gasteiger partial charge in [0, 0.05) is 5.56 Å². The van der Waals surface area contributed by atoms with Gasteiger partial charge in [-0.05, 0) is 36.4 Å². The number of nitrogens with two attached hydrogens (primary N) is 1. The molecule has 0 radical (unpaired) electrons. The second kappa shape index (κ2) is 16.9. The normalized spacial score (nSPS) is 9.90. The molecule has 1 amide bonds. The van der Waals surface area contributed by atoms with E-state index in [2.05, 4.69) is 15.0 Å². The van der Waals surface area contributed by atoms with Crippen LogP contribution >= 0.6 is 11.6 Å². The third-order valence-electron chi connectivity index (χ3n) is 4.60. The van der Waals surface area contributed by atoms with E-state index in [9.17, 15) is 27.2 Å². The zero-order valence-electron chi connectivity index (χ0n) is 23.3. The molecule has 0 aliphatic carbocycles. The lowest BCUT2D eigenvalue weighted by Crippen LogP contribution is -2.21. The number of nitrogen functional groups attached to an aromatic ring is 1. The molecule has 3 rings (SSSR count). The van der Waals surface area contributed by atoms with Crippen LogP contribution in [0.1, 0.15) is 79.1 Å². The van der Waals surface area contributed by atoms with E-state index < -0.39 is 45.7 Å². The lowest BCUT2D eigenvalue weighted by molar-refractivity contribution is -0.137. The first-order valence-electron chi connectivity index (χ1n) is 12.3. The minimum atomic E-state index is -4.87. The first-order chi connectivity index (χ1) is 18.9. The molecule has 1 aromatic heterocycles. The Kier molecular flexibility index (Phi) is 15.2. The number of alkyl halides is 3. The Morgan fingerprint density at radius 3 is 2.15 bits per heavy atom. The molecule has 1 heterocycles. The molecule has 7 nitrogen and oxygen atoms in total. The molecule has 2 aromatic carbocycles. The molecule has 0 atom stereocenters. The van der Waals surface area contributed by atoms with Gasteiger partial charge in [0.1, 0.15) is 11.5 Å². The van der Waals surface area contributed by atoms with Gasteiger partial charge in [0.25, 0.3) is 5.91 Å². The summed E-state index contributed by atoms with van der Waals surface area (Å²) in [5.41, 5.74) is 2.14. The van der Waals surface area contributed by atoms with Crippen LogP contribution in [0.5, 0.6) is 0 Å². The maximum absolute atomic E-state index is 14.6. The molecular weight excluding hydrogens is 552 g/mol. The lowest BCUT2D eigenvalue weighted by Gasteiger charge is -2.16. The van der Waals surface area contributed by atoms with Crippen molar-refractivity contribution in [2.75, 3.05) is 18.2 Å². The highest BCUT2D eigenvalue weighted by Crippen LogP contribution is 2.35. The number of ether oxygens (including phenoxy) is 1. The first-order valence-corrected chi connectivity index (χ1v) is 12.7. The second-order valence-corrected chi connectivity index (χ2v) is 7.25. The van der Waals surface area contributed by atoms with Gasteiger partial charge < -0.3 is 15.8 Å². The highest BCUT2D eigenvalue weighted by molar-refractivity contribution is 6.34. The molecule has 0 unspecified atom stereocenters. The Morgan fingerprint density at radius 1 is 1.02 bits per heavy atom. The van der Waals surface area contributed by atoms with E-state index >= 15 is 0 Å². The van der Waals surface area contributed by atoms with Gasteiger partial charge in [-0.15, -0.1) is 0 Å². The fourth-order valence-corrected chi connectivity index (χ4v) is 3.30. The van der Waals surface area contributed by atoms with Crippen molar-refractivity contribution in [1.82, 2.24) is 4.98 Å². The molecule has 218 valence electrons. The van der Waals surface area contributed by atoms with Crippen molar-refractivity contribution >= 4 is 40.6 Å². The van der Waals surface area contributed by atoms with Crippen molar-refractivity contribution in [3.8, 4) is 0 Å². The van der Waals surface area contributed by atoms with Crippen molar-refractivity contribution in [2.24, 2.45) is 0 Å². The number of halogens is 5. The average molecular weight is 585 g/mol. The van der Waals surface area contributed by atoms with Gasteiger partial charge in [0.05, 0.1) is 52.1 Å². The minimum Gasteiger partial charge on any atom is -0.465 e. The summed E-state index contributed by atoms with van der Waals surface area (Å²) in [5.74, 6) is -2.99. The molecule has 0 fully saturated rings. The molecule has 3 aromatic rings. The number of benzene rings is 2. The summed E-state index contributed by atoms with van der Waals surface area (Å²) < 4.78 is 59.3. The van der Waals surface area contributed by atoms with Crippen LogP contribution in [0, 0.1) is 11.2 Å². The highest BCUT2D eigenvalue weighted by atomic mass is 35.5. The Labute approximate surface area is 236 Å². The number of rotatable bonds is 5. The Morgan fingerprint density at radius 2 is 1.62 bits per heavy atom. The van der Waals surface area contributed by atoms with Crippen LogP contribution in [0.2, 0.25) is 5.02 Å². The number of aromatic nitrogens is 1. The number of carbonyl (C=O) groups is 2. The van der Waals surface area contributed by atoms with Crippen LogP contribution in [0.25, 0.3) is 0 Å². The van der Waals surface area contributed by atoms with E-state index in [1.54, 1.807) is 0 Å². The van der Waals surface area contributed by atoms with Crippen molar-refractivity contribution < 1.29 is 31.9 Å². The summed E-state index contributed by atoms with van der Waals surface area (Å²) in [6, 6.07) is 7.21. The summed E-state index contributed by atoms with van der Waals surface area (Å²) in [6.45, 7) is 12.0. The topological polar surface area (TPSA) is 118 Å². The predicted octanol–water partition coefficient (Wildman–Crippen LogP) is 8.01. The Balaban J connectivity index is 0.00000237. The third-order valence-corrected chi connectivity index (χ3v) is 4.91. The van der Waals surface area contributed by atoms with Gasteiger partial charge in [0.15, 0.2) is 0 Å². The zero-order valence-corrected chi connectivity index (χ0v) is 24.0. The summed E-state index contributed by atoms with van der Waals surface area (Å²) >= 11 is 5.87. The summed E-state index contributed by atoms with van der Waals surface area (Å²) in [5, 5.41) is 10.1. The minimum absolute atomic E-state index is 0.0172. The van der Waals surface area contributed by atoms with Crippen molar-refractivity contribution in [3.63, 3.8) is 0 Å². The van der Waals surface area contributed by atoms with Crippen LogP contribution in [0.15, 0.2) is 48.7 Å². The molecule has 0 aliphatic heterocycles. The van der Waals surface area contributed by atoms with E-state index in [1.807, 2.05) is 41.5 Å². The van der Waals surface area contributed by atoms with E-state index in [4.69, 9.17) is 22.7 Å². The monoisotopic (exact) mass is 584 g/mol. The SMILES string of the molecule is CC.CC.CC.COC(=O)c1ccc(C(=N)c2ncc(N)cc2NC(=O)c2c(Cl)cccc2C(F)(F)F)c(F)c1. The third kappa shape index (κ3) is 9.04. The van der Waals surface area contributed by atoms with Crippen molar-refractivity contribution in [3.05, 3.63) is 87.4 Å². The number of anilines is 2. The molecule has 4 N–H and O–H groups in total. The van der Waals surface area contributed by atoms with E-state index in [1.165, 1.54) is 6.07 Å². The molecule has 12 heteroatoms. The van der Waals surface area contributed by atoms with E-state index in [0.717, 1.165) is 43.6 Å². The van der Waals surface area contributed by atoms with Crippen LogP contribution in [0.4, 0.5) is 28.9 Å². The standard InChI is InChI=1S/C22H15ClF4N4O3.3C2H6/c1-34-21(33)10-5-6-12(15(24)7-10)18(29)19-16(8-11(28)9-30-19)31-20(32)17-13(22(25,26)27)3-2-4-14(17)23;3*1-2/h2-9,29H,28H2,1H3,(H,31,32);3*1-2H3. The Bertz CT molecular complexity index is 1320. The molecular formula is C28H33ClF4N4O3. The number of hydrogen-bond acceptors (Lipinski definition) is 6. The fourth-order valence-electron chi connectivity index (χ4n) is 3.04. The smallest absolute Gasteiger partial charge is 0.417 e. The number of esters is 1. The van der Waals surface area contributed by atoms with Crippen molar-refractivity contribution in [1.29, 1.82) is 5.41 Å². The summed E-state index contributed by atoms with van der Waals surface area (Å²) in [6.07, 6.45) is -3.75. The number of nitrogens with one attached hydrogen (secondary N) is 2. The summed E-state index contributed by atoms with van der Waals surface area (Å²) in [7, 11) is 1.12. The van der Waals surface area contributed by atoms with Crippen molar-refractivity contribution in [2.45, 2.75) is 47.7 Å². The van der Waals surface area contributed by atoms with Gasteiger partial charge in [0.2, 0.25) is 0 Å². The lowest BCUT2D eigenvalue weighted by atomic mass is 10.0. The van der Waals surface area contributed by atoms with Gasteiger partial charge in [-0.25, -0.2) is 9.18 Å². The molecule has 0 saturated carbocycles. The maximum atomic E-state index is 14.6. The molecule has 0 saturated heterocycles. The Hall–Kier alpha value is -3.99. The number of carbonyl (C=O) groups excluding carboxylic acids is 2. The number of methoxy groups -OCH3 is 1. The zero-order chi connectivity index (χ0) is 31.2. The van der Waals surface area contributed by atoms with Gasteiger partial charge in [-0.1, -0.05) is 59.2 Å². The van der Waals surface area contributed by atoms with E-state index in [0.29, 0.717) is 6.07 Å². The van der Waals surface area contributed by atoms with Gasteiger partial charge in [-0.2, -0.15) is 13.2 Å². The van der Waals surface area contributed by atoms with Gasteiger partial charge >= 0.3 is 12.1 Å². The van der Waals surface area contributed by atoms with Crippen LogP contribution in [-0.2, 0) is 10.9 Å². The number of hydrogen-bond donors (Lipinski definition) is 3. The molecule has 0 bridgehead atoms. The predicted molar refractivity (Wildman–Crippen MR) is 151 cm³/mol. The van der Waals surface area contributed by atoms with E-state index in [-0.39, 0.29) is 28.2 Å². The second-order valence-electron chi connectivity index (χ2n) is 6.84. The first kappa shape index (κ1) is 36.0. The van der Waals surface area contributed by atoms with Crippen LogP contribution in [0.3, 0.4) is 0 Å². The van der Waals surface area contributed by atoms with Gasteiger partial charge in [-0.3, -0.25) is 15.2 Å². The quantitative estimate of drug-likeness (QED) is 0.159. The van der Waals surface area contributed by atoms with Crippen LogP contribution in [-0.4, -0.2) is 29.7 Å². The number of amides is 1. The number of nitrogens with zero attached hydrogens (tertiary/aromatic N) is 1. The largest absolute Gasteiger partial charge is 0.465 e.